The van der Waals surface area contributed by atoms with E-state index < -0.39 is 28.9 Å². The smallest absolute Gasteiger partial charge is 0.263 e. The maximum absolute atomic E-state index is 13.6. The van der Waals surface area contributed by atoms with Crippen LogP contribution in [-0.4, -0.2) is 13.0 Å². The van der Waals surface area contributed by atoms with Gasteiger partial charge in [0.25, 0.3) is 5.91 Å². The minimum absolute atomic E-state index is 0.373. The van der Waals surface area contributed by atoms with Crippen molar-refractivity contribution in [1.29, 1.82) is 0 Å². The van der Waals surface area contributed by atoms with Crippen LogP contribution in [0.15, 0.2) is 36.4 Å². The number of amides is 1. The lowest BCUT2D eigenvalue weighted by molar-refractivity contribution is 0.0985. The summed E-state index contributed by atoms with van der Waals surface area (Å²) in [5, 5.41) is 0. The molecule has 20 heavy (non-hydrogen) atoms. The van der Waals surface area contributed by atoms with Crippen LogP contribution in [0.4, 0.5) is 24.5 Å². The molecule has 0 spiro atoms. The standard InChI is InChI=1S/C14H11F3N2O/c1-19(10-4-2-3-9(18)7-10)14(20)13-11(16)5-8(15)6-12(13)17/h2-7H,18H2,1H3. The topological polar surface area (TPSA) is 46.3 Å². The van der Waals surface area contributed by atoms with Gasteiger partial charge in [0, 0.05) is 30.6 Å². The zero-order chi connectivity index (χ0) is 14.9. The number of hydrogen-bond acceptors (Lipinski definition) is 2. The van der Waals surface area contributed by atoms with E-state index in [-0.39, 0.29) is 0 Å². The Labute approximate surface area is 113 Å². The van der Waals surface area contributed by atoms with Gasteiger partial charge in [-0.1, -0.05) is 6.07 Å². The molecule has 3 nitrogen and oxygen atoms in total. The van der Waals surface area contributed by atoms with Crippen LogP contribution in [0.3, 0.4) is 0 Å². The summed E-state index contributed by atoms with van der Waals surface area (Å²) in [5.41, 5.74) is 5.55. The van der Waals surface area contributed by atoms with Crippen LogP contribution in [0.1, 0.15) is 10.4 Å². The summed E-state index contributed by atoms with van der Waals surface area (Å²) in [6.07, 6.45) is 0. The monoisotopic (exact) mass is 280 g/mol. The Bertz CT molecular complexity index is 650. The molecule has 0 aliphatic rings. The van der Waals surface area contributed by atoms with Gasteiger partial charge in [-0.3, -0.25) is 4.79 Å². The molecular weight excluding hydrogens is 269 g/mol. The van der Waals surface area contributed by atoms with E-state index in [1.54, 1.807) is 18.2 Å². The quantitative estimate of drug-likeness (QED) is 0.860. The number of anilines is 2. The summed E-state index contributed by atoms with van der Waals surface area (Å²) in [4.78, 5) is 13.1. The van der Waals surface area contributed by atoms with E-state index in [0.717, 1.165) is 4.90 Å². The van der Waals surface area contributed by atoms with Crippen molar-refractivity contribution in [3.05, 3.63) is 59.4 Å². The van der Waals surface area contributed by atoms with Crippen LogP contribution in [0.5, 0.6) is 0 Å². The maximum Gasteiger partial charge on any atom is 0.263 e. The number of carbonyl (C=O) groups is 1. The molecule has 0 aromatic heterocycles. The third kappa shape index (κ3) is 2.59. The third-order valence-corrected chi connectivity index (χ3v) is 2.78. The van der Waals surface area contributed by atoms with Gasteiger partial charge >= 0.3 is 0 Å². The average molecular weight is 280 g/mol. The fourth-order valence-electron chi connectivity index (χ4n) is 1.76. The van der Waals surface area contributed by atoms with Crippen LogP contribution in [0.25, 0.3) is 0 Å². The zero-order valence-electron chi connectivity index (χ0n) is 10.5. The molecule has 0 fully saturated rings. The van der Waals surface area contributed by atoms with E-state index in [0.29, 0.717) is 23.5 Å². The van der Waals surface area contributed by atoms with Gasteiger partial charge in [0.1, 0.15) is 23.0 Å². The van der Waals surface area contributed by atoms with E-state index in [1.165, 1.54) is 13.1 Å². The number of hydrogen-bond donors (Lipinski definition) is 1. The minimum atomic E-state index is -1.25. The predicted octanol–water partition coefficient (Wildman–Crippen LogP) is 2.96. The van der Waals surface area contributed by atoms with Crippen molar-refractivity contribution >= 4 is 17.3 Å². The molecule has 0 radical (unpaired) electrons. The number of carbonyl (C=O) groups excluding carboxylic acids is 1. The fraction of sp³-hybridized carbons (Fsp3) is 0.0714. The normalized spacial score (nSPS) is 10.4. The van der Waals surface area contributed by atoms with Gasteiger partial charge in [-0.05, 0) is 18.2 Å². The molecule has 6 heteroatoms. The van der Waals surface area contributed by atoms with Gasteiger partial charge in [-0.2, -0.15) is 0 Å². The second kappa shape index (κ2) is 5.24. The zero-order valence-corrected chi connectivity index (χ0v) is 10.5. The summed E-state index contributed by atoms with van der Waals surface area (Å²) in [5.74, 6) is -4.50. The molecule has 2 rings (SSSR count). The lowest BCUT2D eigenvalue weighted by Crippen LogP contribution is -2.28. The van der Waals surface area contributed by atoms with Gasteiger partial charge in [0.2, 0.25) is 0 Å². The Kier molecular flexibility index (Phi) is 3.65. The van der Waals surface area contributed by atoms with Crippen molar-refractivity contribution in [2.75, 3.05) is 17.7 Å². The Morgan fingerprint density at radius 1 is 1.10 bits per heavy atom. The molecule has 0 atom stereocenters. The molecule has 0 heterocycles. The Balaban J connectivity index is 2.41. The average Bonchev–Trinajstić information content (AvgIpc) is 2.36. The molecule has 0 bridgehead atoms. The first-order valence-electron chi connectivity index (χ1n) is 5.68. The molecule has 2 N–H and O–H groups in total. The van der Waals surface area contributed by atoms with Crippen molar-refractivity contribution in [2.45, 2.75) is 0 Å². The molecule has 0 unspecified atom stereocenters. The number of nitrogens with zero attached hydrogens (tertiary/aromatic N) is 1. The molecule has 104 valence electrons. The van der Waals surface area contributed by atoms with Gasteiger partial charge in [0.15, 0.2) is 0 Å². The Hall–Kier alpha value is -2.50. The molecular formula is C14H11F3N2O. The van der Waals surface area contributed by atoms with Crippen molar-refractivity contribution in [2.24, 2.45) is 0 Å². The number of benzene rings is 2. The van der Waals surface area contributed by atoms with Crippen molar-refractivity contribution in [3.63, 3.8) is 0 Å². The predicted molar refractivity (Wildman–Crippen MR) is 69.9 cm³/mol. The second-order valence-electron chi connectivity index (χ2n) is 4.20. The molecule has 0 saturated heterocycles. The van der Waals surface area contributed by atoms with Crippen molar-refractivity contribution in [3.8, 4) is 0 Å². The summed E-state index contributed by atoms with van der Waals surface area (Å²) in [6.45, 7) is 0. The van der Waals surface area contributed by atoms with Crippen LogP contribution in [-0.2, 0) is 0 Å². The van der Waals surface area contributed by atoms with Crippen LogP contribution >= 0.6 is 0 Å². The summed E-state index contributed by atoms with van der Waals surface area (Å²) < 4.78 is 40.0. The molecule has 1 amide bonds. The first-order chi connectivity index (χ1) is 9.40. The first-order valence-corrected chi connectivity index (χ1v) is 5.68. The van der Waals surface area contributed by atoms with Gasteiger partial charge in [0.05, 0.1) is 0 Å². The summed E-state index contributed by atoms with van der Waals surface area (Å²) in [7, 11) is 1.35. The summed E-state index contributed by atoms with van der Waals surface area (Å²) >= 11 is 0. The van der Waals surface area contributed by atoms with E-state index in [9.17, 15) is 18.0 Å². The first kappa shape index (κ1) is 13.9. The van der Waals surface area contributed by atoms with Crippen LogP contribution < -0.4 is 10.6 Å². The SMILES string of the molecule is CN(C(=O)c1c(F)cc(F)cc1F)c1cccc(N)c1. The van der Waals surface area contributed by atoms with Gasteiger partial charge in [-0.15, -0.1) is 0 Å². The Morgan fingerprint density at radius 2 is 1.70 bits per heavy atom. The van der Waals surface area contributed by atoms with E-state index in [4.69, 9.17) is 5.73 Å². The lowest BCUT2D eigenvalue weighted by atomic mass is 10.1. The van der Waals surface area contributed by atoms with Crippen LogP contribution in [0, 0.1) is 17.5 Å². The molecule has 2 aromatic rings. The minimum Gasteiger partial charge on any atom is -0.399 e. The largest absolute Gasteiger partial charge is 0.399 e. The molecule has 2 aromatic carbocycles. The lowest BCUT2D eigenvalue weighted by Gasteiger charge is -2.18. The maximum atomic E-state index is 13.6. The fourth-order valence-corrected chi connectivity index (χ4v) is 1.76. The third-order valence-electron chi connectivity index (χ3n) is 2.78. The van der Waals surface area contributed by atoms with Gasteiger partial charge < -0.3 is 10.6 Å². The van der Waals surface area contributed by atoms with E-state index >= 15 is 0 Å². The van der Waals surface area contributed by atoms with E-state index in [2.05, 4.69) is 0 Å². The highest BCUT2D eigenvalue weighted by Crippen LogP contribution is 2.21. The van der Waals surface area contributed by atoms with Gasteiger partial charge in [-0.25, -0.2) is 13.2 Å². The summed E-state index contributed by atoms with van der Waals surface area (Å²) in [6, 6.07) is 7.19. The number of nitrogens with two attached hydrogens (primary N) is 1. The number of halogens is 3. The Morgan fingerprint density at radius 3 is 2.25 bits per heavy atom. The van der Waals surface area contributed by atoms with Crippen molar-refractivity contribution < 1.29 is 18.0 Å². The highest BCUT2D eigenvalue weighted by molar-refractivity contribution is 6.06. The molecule has 0 saturated carbocycles. The highest BCUT2D eigenvalue weighted by Gasteiger charge is 2.23. The number of nitrogen functional groups attached to an aromatic ring is 1. The molecule has 0 aliphatic heterocycles. The molecule has 0 aliphatic carbocycles. The number of rotatable bonds is 2. The second-order valence-corrected chi connectivity index (χ2v) is 4.20. The van der Waals surface area contributed by atoms with Crippen LogP contribution in [0.2, 0.25) is 0 Å². The van der Waals surface area contributed by atoms with Crippen molar-refractivity contribution in [1.82, 2.24) is 0 Å². The van der Waals surface area contributed by atoms with E-state index in [1.807, 2.05) is 0 Å². The highest BCUT2D eigenvalue weighted by atomic mass is 19.1.